The fourth-order valence-corrected chi connectivity index (χ4v) is 3.64. The number of nitrogens with one attached hydrogen (secondary N) is 3. The third-order valence-electron chi connectivity index (χ3n) is 4.65. The molecule has 2 aliphatic rings. The zero-order valence-corrected chi connectivity index (χ0v) is 13.7. The lowest BCUT2D eigenvalue weighted by Crippen LogP contribution is -2.48. The van der Waals surface area contributed by atoms with Crippen molar-refractivity contribution in [3.8, 4) is 0 Å². The van der Waals surface area contributed by atoms with Crippen LogP contribution < -0.4 is 16.0 Å². The van der Waals surface area contributed by atoms with Gasteiger partial charge in [0, 0.05) is 36.3 Å². The van der Waals surface area contributed by atoms with Crippen molar-refractivity contribution in [2.75, 3.05) is 5.32 Å². The zero-order chi connectivity index (χ0) is 18.2. The molecule has 1 aromatic carbocycles. The first-order chi connectivity index (χ1) is 11.7. The Balaban J connectivity index is 1.79. The Kier molecular flexibility index (Phi) is 4.73. The largest absolute Gasteiger partial charge is 0.416 e. The highest BCUT2D eigenvalue weighted by molar-refractivity contribution is 5.97. The number of rotatable bonds is 3. The quantitative estimate of drug-likeness (QED) is 0.781. The van der Waals surface area contributed by atoms with Gasteiger partial charge in [-0.05, 0) is 43.9 Å². The van der Waals surface area contributed by atoms with E-state index in [4.69, 9.17) is 0 Å². The predicted octanol–water partition coefficient (Wildman–Crippen LogP) is 2.68. The van der Waals surface area contributed by atoms with Crippen LogP contribution in [0.2, 0.25) is 0 Å². The minimum absolute atomic E-state index is 0.0437. The molecule has 0 aliphatic carbocycles. The number of carbonyl (C=O) groups is 2. The van der Waals surface area contributed by atoms with Crippen LogP contribution in [0.15, 0.2) is 18.2 Å². The van der Waals surface area contributed by atoms with Crippen molar-refractivity contribution < 1.29 is 22.8 Å². The predicted molar refractivity (Wildman–Crippen MR) is 86.2 cm³/mol. The Morgan fingerprint density at radius 1 is 1.12 bits per heavy atom. The number of halogens is 3. The highest BCUT2D eigenvalue weighted by Crippen LogP contribution is 2.32. The molecule has 2 unspecified atom stereocenters. The van der Waals surface area contributed by atoms with Crippen molar-refractivity contribution in [3.05, 3.63) is 29.3 Å². The van der Waals surface area contributed by atoms with Crippen molar-refractivity contribution in [2.45, 2.75) is 56.9 Å². The molecule has 5 nitrogen and oxygen atoms in total. The van der Waals surface area contributed by atoms with Gasteiger partial charge in [-0.3, -0.25) is 9.59 Å². The summed E-state index contributed by atoms with van der Waals surface area (Å²) in [7, 11) is 0. The summed E-state index contributed by atoms with van der Waals surface area (Å²) < 4.78 is 39.2. The lowest BCUT2D eigenvalue weighted by atomic mass is 9.99. The number of fused-ring (bicyclic) bond motifs is 2. The Bertz CT molecular complexity index is 678. The van der Waals surface area contributed by atoms with Gasteiger partial charge in [0.1, 0.15) is 0 Å². The minimum atomic E-state index is -4.60. The molecular weight excluding hydrogens is 335 g/mol. The van der Waals surface area contributed by atoms with E-state index in [2.05, 4.69) is 16.0 Å². The van der Waals surface area contributed by atoms with Gasteiger partial charge in [0.2, 0.25) is 5.91 Å². The molecule has 136 valence electrons. The maximum absolute atomic E-state index is 13.1. The van der Waals surface area contributed by atoms with Crippen LogP contribution >= 0.6 is 0 Å². The summed E-state index contributed by atoms with van der Waals surface area (Å²) in [5.74, 6) is -1.05. The standard InChI is InChI=1S/C17H20F3N3O2/c1-9(24)21-14-5-10(4-11(6-14)17(18,19)20)16(25)23-15-7-12-2-3-13(8-15)22-12/h4-6,12-13,15,22H,2-3,7-8H2,1H3,(H,21,24)(H,23,25). The van der Waals surface area contributed by atoms with Crippen LogP contribution in [0.3, 0.4) is 0 Å². The molecule has 0 saturated carbocycles. The number of anilines is 1. The van der Waals surface area contributed by atoms with Crippen molar-refractivity contribution >= 4 is 17.5 Å². The molecule has 2 aliphatic heterocycles. The van der Waals surface area contributed by atoms with E-state index >= 15 is 0 Å². The first-order valence-electron chi connectivity index (χ1n) is 8.27. The molecule has 2 atom stereocenters. The molecule has 3 rings (SSSR count). The molecule has 2 saturated heterocycles. The molecule has 3 N–H and O–H groups in total. The first-order valence-corrected chi connectivity index (χ1v) is 8.27. The number of alkyl halides is 3. The fraction of sp³-hybridized carbons (Fsp3) is 0.529. The zero-order valence-electron chi connectivity index (χ0n) is 13.7. The van der Waals surface area contributed by atoms with E-state index in [0.717, 1.165) is 37.8 Å². The summed E-state index contributed by atoms with van der Waals surface area (Å²) in [6, 6.07) is 3.58. The minimum Gasteiger partial charge on any atom is -0.349 e. The monoisotopic (exact) mass is 355 g/mol. The number of amides is 2. The van der Waals surface area contributed by atoms with E-state index in [1.807, 2.05) is 0 Å². The Hall–Kier alpha value is -2.09. The van der Waals surface area contributed by atoms with Crippen molar-refractivity contribution in [1.82, 2.24) is 10.6 Å². The van der Waals surface area contributed by atoms with Gasteiger partial charge in [-0.2, -0.15) is 13.2 Å². The molecule has 2 fully saturated rings. The van der Waals surface area contributed by atoms with Crippen molar-refractivity contribution in [1.29, 1.82) is 0 Å². The van der Waals surface area contributed by atoms with Crippen molar-refractivity contribution in [3.63, 3.8) is 0 Å². The third-order valence-corrected chi connectivity index (χ3v) is 4.65. The SMILES string of the molecule is CC(=O)Nc1cc(C(=O)NC2CC3CCC(C2)N3)cc(C(F)(F)F)c1. The average Bonchev–Trinajstić information content (AvgIpc) is 2.84. The van der Waals surface area contributed by atoms with Crippen LogP contribution in [0.4, 0.5) is 18.9 Å². The summed E-state index contributed by atoms with van der Waals surface area (Å²) in [5, 5.41) is 8.59. The van der Waals surface area contributed by atoms with Crippen LogP contribution in [-0.2, 0) is 11.0 Å². The second kappa shape index (κ2) is 6.67. The van der Waals surface area contributed by atoms with Crippen molar-refractivity contribution in [2.24, 2.45) is 0 Å². The number of hydrogen-bond acceptors (Lipinski definition) is 3. The summed E-state index contributed by atoms with van der Waals surface area (Å²) >= 11 is 0. The van der Waals surface area contributed by atoms with Crippen LogP contribution in [0.1, 0.15) is 48.5 Å². The number of piperidine rings is 1. The van der Waals surface area contributed by atoms with E-state index in [9.17, 15) is 22.8 Å². The van der Waals surface area contributed by atoms with Gasteiger partial charge < -0.3 is 16.0 Å². The van der Waals surface area contributed by atoms with Crippen LogP contribution in [-0.4, -0.2) is 29.9 Å². The third kappa shape index (κ3) is 4.31. The highest BCUT2D eigenvalue weighted by atomic mass is 19.4. The second-order valence-electron chi connectivity index (χ2n) is 6.76. The summed E-state index contributed by atoms with van der Waals surface area (Å²) in [5.41, 5.74) is -1.11. The van der Waals surface area contributed by atoms with Gasteiger partial charge in [-0.25, -0.2) is 0 Å². The molecule has 2 bridgehead atoms. The maximum atomic E-state index is 13.1. The average molecular weight is 355 g/mol. The van der Waals surface area contributed by atoms with E-state index in [1.54, 1.807) is 0 Å². The maximum Gasteiger partial charge on any atom is 0.416 e. The Labute approximate surface area is 143 Å². The fourth-order valence-electron chi connectivity index (χ4n) is 3.64. The molecule has 2 amide bonds. The molecular formula is C17H20F3N3O2. The Morgan fingerprint density at radius 3 is 2.32 bits per heavy atom. The smallest absolute Gasteiger partial charge is 0.349 e. The van der Waals surface area contributed by atoms with Crippen LogP contribution in [0.25, 0.3) is 0 Å². The molecule has 1 aromatic rings. The normalized spacial score (nSPS) is 25.5. The lowest BCUT2D eigenvalue weighted by molar-refractivity contribution is -0.137. The first kappa shape index (κ1) is 17.7. The highest BCUT2D eigenvalue weighted by Gasteiger charge is 2.35. The van der Waals surface area contributed by atoms with E-state index in [1.165, 1.54) is 13.0 Å². The summed E-state index contributed by atoms with van der Waals surface area (Å²) in [4.78, 5) is 23.6. The topological polar surface area (TPSA) is 70.2 Å². The van der Waals surface area contributed by atoms with E-state index < -0.39 is 23.6 Å². The molecule has 8 heteroatoms. The number of benzene rings is 1. The lowest BCUT2D eigenvalue weighted by Gasteiger charge is -2.29. The van der Waals surface area contributed by atoms with Crippen LogP contribution in [0, 0.1) is 0 Å². The molecule has 0 spiro atoms. The van der Waals surface area contributed by atoms with Gasteiger partial charge >= 0.3 is 6.18 Å². The summed E-state index contributed by atoms with van der Waals surface area (Å²) in [6.45, 7) is 1.20. The van der Waals surface area contributed by atoms with E-state index in [0.29, 0.717) is 12.1 Å². The van der Waals surface area contributed by atoms with Gasteiger partial charge in [-0.1, -0.05) is 0 Å². The van der Waals surface area contributed by atoms with Gasteiger partial charge in [0.15, 0.2) is 0 Å². The summed E-state index contributed by atoms with van der Waals surface area (Å²) in [6.07, 6.45) is -0.919. The molecule has 2 heterocycles. The Morgan fingerprint density at radius 2 is 1.76 bits per heavy atom. The molecule has 0 aromatic heterocycles. The molecule has 0 radical (unpaired) electrons. The van der Waals surface area contributed by atoms with Gasteiger partial charge in [-0.15, -0.1) is 0 Å². The number of carbonyl (C=O) groups excluding carboxylic acids is 2. The van der Waals surface area contributed by atoms with Gasteiger partial charge in [0.25, 0.3) is 5.91 Å². The molecule has 25 heavy (non-hydrogen) atoms. The van der Waals surface area contributed by atoms with Crippen LogP contribution in [0.5, 0.6) is 0 Å². The van der Waals surface area contributed by atoms with E-state index in [-0.39, 0.29) is 17.3 Å². The second-order valence-corrected chi connectivity index (χ2v) is 6.76. The number of hydrogen-bond donors (Lipinski definition) is 3. The van der Waals surface area contributed by atoms with Gasteiger partial charge in [0.05, 0.1) is 5.56 Å².